The number of aliphatic carboxylic acids is 2. The zero-order valence-corrected chi connectivity index (χ0v) is 16.8. The van der Waals surface area contributed by atoms with Crippen LogP contribution < -0.4 is 11.1 Å². The zero-order valence-electron chi connectivity index (χ0n) is 16.0. The van der Waals surface area contributed by atoms with Crippen molar-refractivity contribution in [1.29, 1.82) is 0 Å². The van der Waals surface area contributed by atoms with Gasteiger partial charge in [-0.25, -0.2) is 0 Å². The van der Waals surface area contributed by atoms with Crippen molar-refractivity contribution in [2.45, 2.75) is 39.2 Å². The maximum Gasteiger partial charge on any atom is 0.324 e. The third-order valence-corrected chi connectivity index (χ3v) is 7.65. The van der Waals surface area contributed by atoms with Gasteiger partial charge in [0.05, 0.1) is 11.8 Å². The fourth-order valence-corrected chi connectivity index (χ4v) is 6.21. The normalized spacial score (nSPS) is 35.1. The van der Waals surface area contributed by atoms with Gasteiger partial charge in [0.25, 0.3) is 0 Å². The van der Waals surface area contributed by atoms with E-state index in [9.17, 15) is 24.6 Å². The number of carboxylic acid groups (broad SMARTS) is 2. The highest BCUT2D eigenvalue weighted by molar-refractivity contribution is 6.30. The first kappa shape index (κ1) is 20.6. The van der Waals surface area contributed by atoms with Crippen molar-refractivity contribution >= 4 is 35.1 Å². The molecule has 2 saturated carbocycles. The molecule has 7 nitrogen and oxygen atoms in total. The Morgan fingerprint density at radius 1 is 1.18 bits per heavy atom. The summed E-state index contributed by atoms with van der Waals surface area (Å²) in [4.78, 5) is 37.5. The Bertz CT molecular complexity index is 855. The van der Waals surface area contributed by atoms with E-state index in [1.807, 2.05) is 0 Å². The smallest absolute Gasteiger partial charge is 0.324 e. The molecule has 1 amide bonds. The Hall–Kier alpha value is -2.12. The lowest BCUT2D eigenvalue weighted by atomic mass is 9.57. The molecule has 28 heavy (non-hydrogen) atoms. The first-order valence-corrected chi connectivity index (χ1v) is 9.72. The average molecular weight is 409 g/mol. The molecule has 2 fully saturated rings. The molecule has 1 aromatic rings. The van der Waals surface area contributed by atoms with E-state index in [1.54, 1.807) is 45.0 Å². The SMILES string of the molecule is CCC1(CC)[C@H](C(=O)Nc2cccc(Cl)c2)[C@H]2[C@@H](C(=O)O)[C@@]2(C)[C@@]1(N)C(=O)O. The molecular formula is C20H25ClN2O5. The highest BCUT2D eigenvalue weighted by atomic mass is 35.5. The van der Waals surface area contributed by atoms with E-state index in [0.29, 0.717) is 23.6 Å². The number of rotatable bonds is 6. The molecule has 0 aliphatic heterocycles. The number of carbonyl (C=O) groups is 3. The van der Waals surface area contributed by atoms with E-state index in [4.69, 9.17) is 17.3 Å². The molecule has 0 unspecified atom stereocenters. The molecule has 0 heterocycles. The van der Waals surface area contributed by atoms with Gasteiger partial charge in [0.15, 0.2) is 0 Å². The van der Waals surface area contributed by atoms with Gasteiger partial charge in [-0.2, -0.15) is 0 Å². The predicted molar refractivity (Wildman–Crippen MR) is 104 cm³/mol. The van der Waals surface area contributed by atoms with Crippen LogP contribution in [-0.4, -0.2) is 33.6 Å². The summed E-state index contributed by atoms with van der Waals surface area (Å²) in [7, 11) is 0. The van der Waals surface area contributed by atoms with Gasteiger partial charge in [-0.1, -0.05) is 38.4 Å². The lowest BCUT2D eigenvalue weighted by molar-refractivity contribution is -0.157. The first-order valence-electron chi connectivity index (χ1n) is 9.34. The molecule has 152 valence electrons. The van der Waals surface area contributed by atoms with E-state index in [-0.39, 0.29) is 0 Å². The average Bonchev–Trinajstić information content (AvgIpc) is 3.20. The van der Waals surface area contributed by atoms with Crippen LogP contribution in [-0.2, 0) is 14.4 Å². The van der Waals surface area contributed by atoms with Crippen LogP contribution in [0.25, 0.3) is 0 Å². The number of amides is 1. The lowest BCUT2D eigenvalue weighted by Gasteiger charge is -2.48. The molecule has 0 aromatic heterocycles. The number of nitrogens with one attached hydrogen (secondary N) is 1. The van der Waals surface area contributed by atoms with Gasteiger partial charge in [-0.3, -0.25) is 14.4 Å². The standard InChI is InChI=1S/C20H25ClN2O5/c1-4-19(5-2)13(15(24)23-11-8-6-7-10(21)9-11)12-14(16(25)26)18(12,3)20(19,22)17(27)28/h6-9,12-14H,4-5,22H2,1-3H3,(H,23,24)(H,25,26)(H,27,28)/t12-,13-,14-,18-,20-/m0/s1. The zero-order chi connectivity index (χ0) is 21.1. The fourth-order valence-electron chi connectivity index (χ4n) is 6.02. The van der Waals surface area contributed by atoms with Gasteiger partial charge < -0.3 is 21.3 Å². The summed E-state index contributed by atoms with van der Waals surface area (Å²) in [5.74, 6) is -5.26. The number of fused-ring (bicyclic) bond motifs is 1. The van der Waals surface area contributed by atoms with Crippen molar-refractivity contribution in [1.82, 2.24) is 0 Å². The maximum atomic E-state index is 13.3. The van der Waals surface area contributed by atoms with Crippen molar-refractivity contribution in [3.05, 3.63) is 29.3 Å². The van der Waals surface area contributed by atoms with Gasteiger partial charge in [0, 0.05) is 21.5 Å². The van der Waals surface area contributed by atoms with Crippen LogP contribution in [0.2, 0.25) is 5.02 Å². The van der Waals surface area contributed by atoms with Crippen molar-refractivity contribution in [2.75, 3.05) is 5.32 Å². The highest BCUT2D eigenvalue weighted by Gasteiger charge is 2.89. The number of anilines is 1. The van der Waals surface area contributed by atoms with Crippen LogP contribution in [0.1, 0.15) is 33.6 Å². The summed E-state index contributed by atoms with van der Waals surface area (Å²) in [6.07, 6.45) is 0.691. The van der Waals surface area contributed by atoms with Crippen LogP contribution in [0, 0.1) is 28.6 Å². The lowest BCUT2D eigenvalue weighted by Crippen LogP contribution is -2.66. The Balaban J connectivity index is 2.11. The summed E-state index contributed by atoms with van der Waals surface area (Å²) in [6, 6.07) is 6.61. The summed E-state index contributed by atoms with van der Waals surface area (Å²) in [6.45, 7) is 5.20. The first-order chi connectivity index (χ1) is 13.0. The molecule has 0 bridgehead atoms. The molecular weight excluding hydrogens is 384 g/mol. The molecule has 3 rings (SSSR count). The Kier molecular flexibility index (Phi) is 4.75. The minimum atomic E-state index is -1.83. The Labute approximate surface area is 168 Å². The Morgan fingerprint density at radius 3 is 2.25 bits per heavy atom. The van der Waals surface area contributed by atoms with Crippen LogP contribution in [0.15, 0.2) is 24.3 Å². The second kappa shape index (κ2) is 6.46. The molecule has 5 N–H and O–H groups in total. The second-order valence-corrected chi connectivity index (χ2v) is 8.51. The maximum absolute atomic E-state index is 13.3. The minimum absolute atomic E-state index is 0.346. The summed E-state index contributed by atoms with van der Waals surface area (Å²) >= 11 is 5.98. The van der Waals surface area contributed by atoms with Gasteiger partial charge >= 0.3 is 11.9 Å². The van der Waals surface area contributed by atoms with Crippen LogP contribution in [0.5, 0.6) is 0 Å². The quantitative estimate of drug-likeness (QED) is 0.572. The van der Waals surface area contributed by atoms with Gasteiger partial charge in [0.2, 0.25) is 5.91 Å². The van der Waals surface area contributed by atoms with Crippen molar-refractivity contribution < 1.29 is 24.6 Å². The van der Waals surface area contributed by atoms with E-state index < -0.39 is 52.0 Å². The predicted octanol–water partition coefficient (Wildman–Crippen LogP) is 2.83. The number of carbonyl (C=O) groups excluding carboxylic acids is 1. The number of hydrogen-bond donors (Lipinski definition) is 4. The largest absolute Gasteiger partial charge is 0.481 e. The van der Waals surface area contributed by atoms with E-state index in [1.165, 1.54) is 0 Å². The van der Waals surface area contributed by atoms with Crippen LogP contribution >= 0.6 is 11.6 Å². The molecule has 0 spiro atoms. The van der Waals surface area contributed by atoms with Crippen molar-refractivity contribution in [3.63, 3.8) is 0 Å². The van der Waals surface area contributed by atoms with Crippen LogP contribution in [0.4, 0.5) is 5.69 Å². The number of halogens is 1. The van der Waals surface area contributed by atoms with Gasteiger partial charge in [0.1, 0.15) is 5.54 Å². The third-order valence-electron chi connectivity index (χ3n) is 7.42. The number of carboxylic acids is 2. The summed E-state index contributed by atoms with van der Waals surface area (Å²) < 4.78 is 0. The van der Waals surface area contributed by atoms with E-state index in [0.717, 1.165) is 0 Å². The molecule has 5 atom stereocenters. The second-order valence-electron chi connectivity index (χ2n) is 8.08. The van der Waals surface area contributed by atoms with E-state index in [2.05, 4.69) is 5.32 Å². The molecule has 1 aromatic carbocycles. The van der Waals surface area contributed by atoms with E-state index >= 15 is 0 Å². The summed E-state index contributed by atoms with van der Waals surface area (Å²) in [5.41, 5.74) is 2.91. The topological polar surface area (TPSA) is 130 Å². The third kappa shape index (κ3) is 2.29. The molecule has 2 aliphatic carbocycles. The van der Waals surface area contributed by atoms with Crippen molar-refractivity contribution in [2.24, 2.45) is 34.3 Å². The van der Waals surface area contributed by atoms with Gasteiger partial charge in [-0.15, -0.1) is 0 Å². The molecule has 0 radical (unpaired) electrons. The minimum Gasteiger partial charge on any atom is -0.481 e. The molecule has 8 heteroatoms. The fraction of sp³-hybridized carbons (Fsp3) is 0.550. The number of benzene rings is 1. The monoisotopic (exact) mass is 408 g/mol. The van der Waals surface area contributed by atoms with Crippen LogP contribution in [0.3, 0.4) is 0 Å². The molecule has 2 aliphatic rings. The number of nitrogens with two attached hydrogens (primary N) is 1. The van der Waals surface area contributed by atoms with Gasteiger partial charge in [-0.05, 0) is 37.0 Å². The summed E-state index contributed by atoms with van der Waals surface area (Å²) in [5, 5.41) is 23.0. The highest BCUT2D eigenvalue weighted by Crippen LogP contribution is 2.80. The Morgan fingerprint density at radius 2 is 1.79 bits per heavy atom. The molecule has 0 saturated heterocycles. The number of hydrogen-bond acceptors (Lipinski definition) is 4. The van der Waals surface area contributed by atoms with Crippen molar-refractivity contribution in [3.8, 4) is 0 Å².